The highest BCUT2D eigenvalue weighted by Gasteiger charge is 2.33. The van der Waals surface area contributed by atoms with Crippen LogP contribution in [-0.4, -0.2) is 59.9 Å². The number of carbonyl (C=O) groups is 3. The Kier molecular flexibility index (Phi) is 5.87. The first kappa shape index (κ1) is 17.4. The number of likely N-dealkylation sites (tertiary alicyclic amines) is 1. The van der Waals surface area contributed by atoms with Crippen LogP contribution in [0.4, 0.5) is 0 Å². The Morgan fingerprint density at radius 2 is 1.75 bits per heavy atom. The summed E-state index contributed by atoms with van der Waals surface area (Å²) in [6.45, 7) is 2.99. The maximum atomic E-state index is 12.0. The first-order valence-corrected chi connectivity index (χ1v) is 9.38. The maximum absolute atomic E-state index is 12.0. The summed E-state index contributed by atoms with van der Waals surface area (Å²) in [6, 6.07) is 0.561. The molecule has 0 spiro atoms. The number of piperidine rings is 3. The minimum Gasteiger partial charge on any atom is -0.465 e. The average molecular weight is 336 g/mol. The van der Waals surface area contributed by atoms with E-state index in [4.69, 9.17) is 4.74 Å². The smallest absolute Gasteiger partial charge is 0.307 e. The molecule has 0 saturated carbocycles. The third kappa shape index (κ3) is 4.15. The molecule has 0 bridgehead atoms. The summed E-state index contributed by atoms with van der Waals surface area (Å²) in [6.07, 6.45) is 7.59. The number of nitrogens with zero attached hydrogens (tertiary/aromatic N) is 2. The topological polar surface area (TPSA) is 66.9 Å². The molecule has 0 N–H and O–H groups in total. The number of rotatable bonds is 5. The van der Waals surface area contributed by atoms with E-state index in [0.717, 1.165) is 6.42 Å². The van der Waals surface area contributed by atoms with Gasteiger partial charge in [-0.1, -0.05) is 6.42 Å². The van der Waals surface area contributed by atoms with E-state index >= 15 is 0 Å². The molecule has 0 aromatic rings. The molecule has 3 aliphatic heterocycles. The molecular formula is C18H28N2O4. The summed E-state index contributed by atoms with van der Waals surface area (Å²) in [5, 5.41) is 0. The molecule has 3 heterocycles. The Morgan fingerprint density at radius 3 is 2.54 bits per heavy atom. The molecule has 0 aliphatic carbocycles. The molecule has 0 aromatic heterocycles. The van der Waals surface area contributed by atoms with Crippen molar-refractivity contribution in [3.05, 3.63) is 0 Å². The molecule has 3 aliphatic rings. The van der Waals surface area contributed by atoms with Crippen molar-refractivity contribution in [2.45, 2.75) is 63.8 Å². The van der Waals surface area contributed by atoms with Gasteiger partial charge in [-0.25, -0.2) is 0 Å². The molecule has 2 amide bonds. The van der Waals surface area contributed by atoms with Gasteiger partial charge in [0, 0.05) is 31.3 Å². The second kappa shape index (κ2) is 8.10. The van der Waals surface area contributed by atoms with Crippen molar-refractivity contribution in [2.24, 2.45) is 5.92 Å². The fourth-order valence-corrected chi connectivity index (χ4v) is 4.30. The van der Waals surface area contributed by atoms with Gasteiger partial charge in [-0.3, -0.25) is 24.2 Å². The molecule has 3 rings (SSSR count). The monoisotopic (exact) mass is 336 g/mol. The van der Waals surface area contributed by atoms with E-state index in [1.165, 1.54) is 43.7 Å². The molecule has 6 heteroatoms. The van der Waals surface area contributed by atoms with E-state index in [2.05, 4.69) is 4.90 Å². The Bertz CT molecular complexity index is 475. The number of hydrogen-bond donors (Lipinski definition) is 0. The van der Waals surface area contributed by atoms with E-state index in [-0.39, 0.29) is 30.7 Å². The molecule has 134 valence electrons. The number of hydrogen-bond acceptors (Lipinski definition) is 5. The lowest BCUT2D eigenvalue weighted by Crippen LogP contribution is -2.49. The fourth-order valence-electron chi connectivity index (χ4n) is 4.30. The quantitative estimate of drug-likeness (QED) is 0.565. The first-order valence-electron chi connectivity index (χ1n) is 9.38. The van der Waals surface area contributed by atoms with E-state index in [1.807, 2.05) is 0 Å². The van der Waals surface area contributed by atoms with E-state index in [0.29, 0.717) is 37.8 Å². The molecule has 0 aromatic carbocycles. The normalized spacial score (nSPS) is 28.6. The van der Waals surface area contributed by atoms with Crippen molar-refractivity contribution in [3.63, 3.8) is 0 Å². The average Bonchev–Trinajstić information content (AvgIpc) is 2.59. The van der Waals surface area contributed by atoms with Crippen LogP contribution < -0.4 is 0 Å². The number of fused-ring (bicyclic) bond motifs is 1. The molecule has 24 heavy (non-hydrogen) atoms. The zero-order valence-corrected chi connectivity index (χ0v) is 14.4. The summed E-state index contributed by atoms with van der Waals surface area (Å²) >= 11 is 0. The van der Waals surface area contributed by atoms with E-state index in [1.54, 1.807) is 0 Å². The fraction of sp³-hybridized carbons (Fsp3) is 0.833. The largest absolute Gasteiger partial charge is 0.465 e. The predicted octanol–water partition coefficient (Wildman–Crippen LogP) is 1.72. The predicted molar refractivity (Wildman–Crippen MR) is 88.1 cm³/mol. The van der Waals surface area contributed by atoms with E-state index < -0.39 is 0 Å². The summed E-state index contributed by atoms with van der Waals surface area (Å²) in [7, 11) is 0. The highest BCUT2D eigenvalue weighted by Crippen LogP contribution is 2.31. The third-order valence-corrected chi connectivity index (χ3v) is 5.61. The minimum absolute atomic E-state index is 0.110. The van der Waals surface area contributed by atoms with Gasteiger partial charge in [0.25, 0.3) is 0 Å². The highest BCUT2D eigenvalue weighted by atomic mass is 16.5. The lowest BCUT2D eigenvalue weighted by molar-refractivity contribution is -0.151. The Labute approximate surface area is 143 Å². The summed E-state index contributed by atoms with van der Waals surface area (Å²) < 4.78 is 5.48. The minimum atomic E-state index is -0.297. The van der Waals surface area contributed by atoms with Crippen molar-refractivity contribution in [3.8, 4) is 0 Å². The summed E-state index contributed by atoms with van der Waals surface area (Å²) in [5.74, 6) is -0.191. The van der Waals surface area contributed by atoms with Crippen LogP contribution in [0.5, 0.6) is 0 Å². The second-order valence-electron chi connectivity index (χ2n) is 7.23. The standard InChI is InChI=1S/C18H28N2O4/c21-16-7-3-8-17(22)20(16)12-9-18(23)24-13-14-5-4-11-19-10-2-1-6-15(14)19/h14-15H,1-13H2/t14-,15-/m1/s1. The third-order valence-electron chi connectivity index (χ3n) is 5.61. The second-order valence-corrected chi connectivity index (χ2v) is 7.23. The number of imide groups is 1. The summed E-state index contributed by atoms with van der Waals surface area (Å²) in [5.41, 5.74) is 0. The molecule has 0 unspecified atom stereocenters. The molecular weight excluding hydrogens is 308 g/mol. The van der Waals surface area contributed by atoms with Crippen LogP contribution in [0.3, 0.4) is 0 Å². The SMILES string of the molecule is O=C(CCN1C(=O)CCCC1=O)OC[C@H]1CCCN2CCCC[C@H]12. The van der Waals surface area contributed by atoms with Gasteiger partial charge in [-0.15, -0.1) is 0 Å². The van der Waals surface area contributed by atoms with Crippen LogP contribution in [0.1, 0.15) is 57.8 Å². The van der Waals surface area contributed by atoms with E-state index in [9.17, 15) is 14.4 Å². The van der Waals surface area contributed by atoms with Crippen LogP contribution in [0.2, 0.25) is 0 Å². The van der Waals surface area contributed by atoms with Gasteiger partial charge in [0.2, 0.25) is 11.8 Å². The number of carbonyl (C=O) groups excluding carboxylic acids is 3. The lowest BCUT2D eigenvalue weighted by atomic mass is 9.84. The first-order chi connectivity index (χ1) is 11.6. The maximum Gasteiger partial charge on any atom is 0.307 e. The van der Waals surface area contributed by atoms with Crippen LogP contribution in [-0.2, 0) is 19.1 Å². The summed E-state index contributed by atoms with van der Waals surface area (Å²) in [4.78, 5) is 39.2. The Balaban J connectivity index is 1.42. The van der Waals surface area contributed by atoms with Crippen molar-refractivity contribution >= 4 is 17.8 Å². The Hall–Kier alpha value is -1.43. The van der Waals surface area contributed by atoms with Crippen molar-refractivity contribution < 1.29 is 19.1 Å². The van der Waals surface area contributed by atoms with Gasteiger partial charge >= 0.3 is 5.97 Å². The van der Waals surface area contributed by atoms with Crippen molar-refractivity contribution in [2.75, 3.05) is 26.2 Å². The number of ether oxygens (including phenoxy) is 1. The van der Waals surface area contributed by atoms with Crippen molar-refractivity contribution in [1.29, 1.82) is 0 Å². The zero-order valence-electron chi connectivity index (χ0n) is 14.4. The highest BCUT2D eigenvalue weighted by molar-refractivity contribution is 5.97. The van der Waals surface area contributed by atoms with Crippen LogP contribution in [0.25, 0.3) is 0 Å². The van der Waals surface area contributed by atoms with Crippen LogP contribution in [0, 0.1) is 5.92 Å². The molecule has 3 fully saturated rings. The van der Waals surface area contributed by atoms with Gasteiger partial charge in [0.15, 0.2) is 0 Å². The van der Waals surface area contributed by atoms with Gasteiger partial charge in [0.1, 0.15) is 0 Å². The van der Waals surface area contributed by atoms with Crippen LogP contribution >= 0.6 is 0 Å². The zero-order chi connectivity index (χ0) is 16.9. The van der Waals surface area contributed by atoms with Gasteiger partial charge < -0.3 is 4.74 Å². The van der Waals surface area contributed by atoms with Gasteiger partial charge in [-0.2, -0.15) is 0 Å². The van der Waals surface area contributed by atoms with Crippen LogP contribution in [0.15, 0.2) is 0 Å². The van der Waals surface area contributed by atoms with Gasteiger partial charge in [-0.05, 0) is 45.2 Å². The number of esters is 1. The lowest BCUT2D eigenvalue weighted by Gasteiger charge is -2.44. The van der Waals surface area contributed by atoms with Crippen molar-refractivity contribution in [1.82, 2.24) is 9.80 Å². The molecule has 6 nitrogen and oxygen atoms in total. The molecule has 3 saturated heterocycles. The number of amides is 2. The molecule has 2 atom stereocenters. The Morgan fingerprint density at radius 1 is 1.00 bits per heavy atom. The van der Waals surface area contributed by atoms with Gasteiger partial charge in [0.05, 0.1) is 13.0 Å². The molecule has 0 radical (unpaired) electrons.